The van der Waals surface area contributed by atoms with Crippen molar-refractivity contribution in [3.8, 4) is 5.69 Å². The summed E-state index contributed by atoms with van der Waals surface area (Å²) in [6, 6.07) is 10.9. The van der Waals surface area contributed by atoms with Crippen LogP contribution in [0.2, 0.25) is 5.02 Å². The van der Waals surface area contributed by atoms with Crippen molar-refractivity contribution in [3.63, 3.8) is 0 Å². The number of anilines is 2. The van der Waals surface area contributed by atoms with Gasteiger partial charge in [-0.15, -0.1) is 0 Å². The molecule has 2 amide bonds. The molecule has 0 aliphatic rings. The van der Waals surface area contributed by atoms with Crippen LogP contribution in [-0.4, -0.2) is 21.6 Å². The molecule has 6 nitrogen and oxygen atoms in total. The number of halogens is 2. The van der Waals surface area contributed by atoms with Gasteiger partial charge in [-0.05, 0) is 30.3 Å². The lowest BCUT2D eigenvalue weighted by Gasteiger charge is -2.07. The molecular formula is C18H14ClFN4O2. The van der Waals surface area contributed by atoms with Crippen LogP contribution in [0.3, 0.4) is 0 Å². The van der Waals surface area contributed by atoms with Crippen molar-refractivity contribution in [2.24, 2.45) is 0 Å². The van der Waals surface area contributed by atoms with Crippen LogP contribution >= 0.6 is 11.6 Å². The van der Waals surface area contributed by atoms with Crippen LogP contribution < -0.4 is 10.6 Å². The van der Waals surface area contributed by atoms with Crippen LogP contribution in [0, 0.1) is 5.82 Å². The first-order valence-electron chi connectivity index (χ1n) is 7.62. The number of hydrogen-bond donors (Lipinski definition) is 2. The lowest BCUT2D eigenvalue weighted by molar-refractivity contribution is -0.114. The first kappa shape index (κ1) is 17.6. The minimum atomic E-state index is -0.699. The average Bonchev–Trinajstić information content (AvgIpc) is 3.04. The number of hydrogen-bond acceptors (Lipinski definition) is 3. The van der Waals surface area contributed by atoms with Crippen molar-refractivity contribution in [2.75, 3.05) is 10.6 Å². The Kier molecular flexibility index (Phi) is 4.99. The zero-order valence-corrected chi connectivity index (χ0v) is 14.4. The number of benzene rings is 2. The second kappa shape index (κ2) is 7.37. The van der Waals surface area contributed by atoms with Crippen molar-refractivity contribution in [2.45, 2.75) is 6.92 Å². The van der Waals surface area contributed by atoms with Crippen LogP contribution in [0.5, 0.6) is 0 Å². The highest BCUT2D eigenvalue weighted by Gasteiger charge is 2.14. The van der Waals surface area contributed by atoms with Crippen molar-refractivity contribution in [3.05, 3.63) is 71.3 Å². The molecule has 132 valence electrons. The summed E-state index contributed by atoms with van der Waals surface area (Å²) >= 11 is 6.12. The summed E-state index contributed by atoms with van der Waals surface area (Å²) in [5, 5.41) is 9.72. The molecule has 1 heterocycles. The largest absolute Gasteiger partial charge is 0.326 e. The third-order valence-corrected chi connectivity index (χ3v) is 3.79. The van der Waals surface area contributed by atoms with Gasteiger partial charge in [-0.25, -0.2) is 9.07 Å². The number of amides is 2. The quantitative estimate of drug-likeness (QED) is 0.729. The predicted octanol–water partition coefficient (Wildman–Crippen LogP) is 3.88. The molecule has 0 aliphatic heterocycles. The number of rotatable bonds is 4. The molecule has 8 heteroatoms. The third kappa shape index (κ3) is 3.89. The van der Waals surface area contributed by atoms with Crippen molar-refractivity contribution < 1.29 is 14.0 Å². The van der Waals surface area contributed by atoms with Gasteiger partial charge in [0.1, 0.15) is 5.82 Å². The first-order chi connectivity index (χ1) is 12.4. The van der Waals surface area contributed by atoms with Crippen molar-refractivity contribution in [1.82, 2.24) is 9.78 Å². The molecule has 0 bridgehead atoms. The molecule has 0 atom stereocenters. The lowest BCUT2D eigenvalue weighted by atomic mass is 10.1. The minimum absolute atomic E-state index is 0.193. The Bertz CT molecular complexity index is 987. The Morgan fingerprint density at radius 3 is 2.62 bits per heavy atom. The third-order valence-electron chi connectivity index (χ3n) is 3.47. The first-order valence-corrected chi connectivity index (χ1v) is 8.00. The van der Waals surface area contributed by atoms with E-state index >= 15 is 0 Å². The summed E-state index contributed by atoms with van der Waals surface area (Å²) < 4.78 is 15.5. The maximum Gasteiger partial charge on any atom is 0.258 e. The van der Waals surface area contributed by atoms with Gasteiger partial charge in [0.2, 0.25) is 5.91 Å². The van der Waals surface area contributed by atoms with E-state index < -0.39 is 11.7 Å². The van der Waals surface area contributed by atoms with Gasteiger partial charge in [0.25, 0.3) is 5.91 Å². The van der Waals surface area contributed by atoms with Gasteiger partial charge < -0.3 is 10.6 Å². The van der Waals surface area contributed by atoms with Crippen LogP contribution in [0.4, 0.5) is 15.8 Å². The van der Waals surface area contributed by atoms with E-state index in [1.165, 1.54) is 29.9 Å². The van der Waals surface area contributed by atoms with E-state index in [-0.39, 0.29) is 11.5 Å². The Balaban J connectivity index is 1.81. The normalized spacial score (nSPS) is 10.4. The summed E-state index contributed by atoms with van der Waals surface area (Å²) in [5.41, 5.74) is 1.16. The Morgan fingerprint density at radius 2 is 1.88 bits per heavy atom. The van der Waals surface area contributed by atoms with E-state index in [1.807, 2.05) is 6.07 Å². The van der Waals surface area contributed by atoms with Gasteiger partial charge in [0.05, 0.1) is 34.4 Å². The maximum absolute atomic E-state index is 14.0. The molecule has 26 heavy (non-hydrogen) atoms. The summed E-state index contributed by atoms with van der Waals surface area (Å²) in [7, 11) is 0. The number of aromatic nitrogens is 2. The minimum Gasteiger partial charge on any atom is -0.326 e. The monoisotopic (exact) mass is 372 g/mol. The second-order valence-electron chi connectivity index (χ2n) is 5.45. The fourth-order valence-electron chi connectivity index (χ4n) is 2.34. The van der Waals surface area contributed by atoms with Crippen molar-refractivity contribution >= 4 is 34.8 Å². The zero-order valence-electron chi connectivity index (χ0n) is 13.7. The number of carbonyl (C=O) groups is 2. The predicted molar refractivity (Wildman–Crippen MR) is 97.2 cm³/mol. The van der Waals surface area contributed by atoms with Gasteiger partial charge >= 0.3 is 0 Å². The number of nitrogens with zero attached hydrogens (tertiary/aromatic N) is 2. The standard InChI is InChI=1S/C18H14ClFN4O2/c1-11(25)22-12-6-7-16(20)14(8-12)18(26)23-13-9-21-24(10-13)17-5-3-2-4-15(17)19/h2-10H,1H3,(H,22,25)(H,23,26). The van der Waals surface area contributed by atoms with E-state index in [4.69, 9.17) is 11.6 Å². The molecule has 0 saturated carbocycles. The topological polar surface area (TPSA) is 76.0 Å². The second-order valence-corrected chi connectivity index (χ2v) is 5.86. The summed E-state index contributed by atoms with van der Waals surface area (Å²) in [6.45, 7) is 1.33. The lowest BCUT2D eigenvalue weighted by Crippen LogP contribution is -2.14. The van der Waals surface area contributed by atoms with Crippen LogP contribution in [-0.2, 0) is 4.79 Å². The fraction of sp³-hybridized carbons (Fsp3) is 0.0556. The van der Waals surface area contributed by atoms with E-state index in [9.17, 15) is 14.0 Å². The number of para-hydroxylation sites is 1. The molecule has 3 aromatic rings. The average molecular weight is 373 g/mol. The fourth-order valence-corrected chi connectivity index (χ4v) is 2.56. The highest BCUT2D eigenvalue weighted by Crippen LogP contribution is 2.21. The number of carbonyl (C=O) groups excluding carboxylic acids is 2. The van der Waals surface area contributed by atoms with E-state index in [2.05, 4.69) is 15.7 Å². The van der Waals surface area contributed by atoms with Crippen LogP contribution in [0.1, 0.15) is 17.3 Å². The molecule has 0 saturated heterocycles. The SMILES string of the molecule is CC(=O)Nc1ccc(F)c(C(=O)Nc2cnn(-c3ccccc3Cl)c2)c1. The molecule has 1 aromatic heterocycles. The summed E-state index contributed by atoms with van der Waals surface area (Å²) in [5.74, 6) is -1.67. The molecule has 0 fully saturated rings. The molecule has 0 unspecified atom stereocenters. The molecular weight excluding hydrogens is 359 g/mol. The van der Waals surface area contributed by atoms with Gasteiger partial charge in [0.15, 0.2) is 0 Å². The van der Waals surface area contributed by atoms with Crippen LogP contribution in [0.15, 0.2) is 54.9 Å². The van der Waals surface area contributed by atoms with E-state index in [0.717, 1.165) is 6.07 Å². The smallest absolute Gasteiger partial charge is 0.258 e. The highest BCUT2D eigenvalue weighted by molar-refractivity contribution is 6.32. The molecule has 3 rings (SSSR count). The summed E-state index contributed by atoms with van der Waals surface area (Å²) in [4.78, 5) is 23.5. The summed E-state index contributed by atoms with van der Waals surface area (Å²) in [6.07, 6.45) is 2.99. The molecule has 0 aliphatic carbocycles. The van der Waals surface area contributed by atoms with Gasteiger partial charge in [-0.2, -0.15) is 5.10 Å². The van der Waals surface area contributed by atoms with E-state index in [1.54, 1.807) is 24.4 Å². The molecule has 2 N–H and O–H groups in total. The molecule has 0 spiro atoms. The van der Waals surface area contributed by atoms with Gasteiger partial charge in [0, 0.05) is 12.6 Å². The number of nitrogens with one attached hydrogen (secondary N) is 2. The van der Waals surface area contributed by atoms with Crippen molar-refractivity contribution in [1.29, 1.82) is 0 Å². The highest BCUT2D eigenvalue weighted by atomic mass is 35.5. The molecule has 0 radical (unpaired) electrons. The molecule has 2 aromatic carbocycles. The van der Waals surface area contributed by atoms with Crippen LogP contribution in [0.25, 0.3) is 5.69 Å². The Labute approximate surface area is 153 Å². The van der Waals surface area contributed by atoms with Gasteiger partial charge in [-0.1, -0.05) is 23.7 Å². The Morgan fingerprint density at radius 1 is 1.12 bits per heavy atom. The maximum atomic E-state index is 14.0. The Hall–Kier alpha value is -3.19. The van der Waals surface area contributed by atoms with E-state index in [0.29, 0.717) is 22.1 Å². The van der Waals surface area contributed by atoms with Gasteiger partial charge in [-0.3, -0.25) is 9.59 Å². The zero-order chi connectivity index (χ0) is 18.7.